The van der Waals surface area contributed by atoms with Crippen LogP contribution in [-0.4, -0.2) is 37.2 Å². The largest absolute Gasteiger partial charge is 0.462 e. The van der Waals surface area contributed by atoms with E-state index in [1.807, 2.05) is 0 Å². The van der Waals surface area contributed by atoms with Crippen molar-refractivity contribution in [3.05, 3.63) is 72.9 Å². The molecule has 74 heavy (non-hydrogen) atoms. The number of carbonyl (C=O) groups excluding carboxylic acids is 3. The maximum atomic E-state index is 12.9. The van der Waals surface area contributed by atoms with E-state index in [0.29, 0.717) is 19.3 Å². The summed E-state index contributed by atoms with van der Waals surface area (Å²) in [5, 5.41) is 0. The Morgan fingerprint density at radius 2 is 0.486 bits per heavy atom. The summed E-state index contributed by atoms with van der Waals surface area (Å²) in [6.45, 7) is 6.61. The van der Waals surface area contributed by atoms with Crippen LogP contribution in [0.3, 0.4) is 0 Å². The molecule has 0 saturated heterocycles. The van der Waals surface area contributed by atoms with Crippen LogP contribution in [0.15, 0.2) is 72.9 Å². The Labute approximate surface area is 459 Å². The zero-order valence-corrected chi connectivity index (χ0v) is 49.1. The molecule has 0 aromatic heterocycles. The van der Waals surface area contributed by atoms with Crippen molar-refractivity contribution in [2.75, 3.05) is 13.2 Å². The molecule has 6 heteroatoms. The van der Waals surface area contributed by atoms with Gasteiger partial charge in [-0.2, -0.15) is 0 Å². The first-order valence-electron chi connectivity index (χ1n) is 31.9. The van der Waals surface area contributed by atoms with Crippen LogP contribution in [0, 0.1) is 0 Å². The fourth-order valence-corrected chi connectivity index (χ4v) is 9.11. The number of carbonyl (C=O) groups is 3. The first kappa shape index (κ1) is 70.8. The topological polar surface area (TPSA) is 78.9 Å². The number of hydrogen-bond acceptors (Lipinski definition) is 6. The molecule has 0 aromatic carbocycles. The first-order chi connectivity index (χ1) is 36.5. The van der Waals surface area contributed by atoms with Crippen LogP contribution in [0.5, 0.6) is 0 Å². The molecule has 6 nitrogen and oxygen atoms in total. The molecule has 0 spiro atoms. The quantitative estimate of drug-likeness (QED) is 0.0261. The monoisotopic (exact) mass is 1030 g/mol. The SMILES string of the molecule is CCCCC/C=C\C/C=C\C/C=C\CCCCCCCCC(=O)OC(COC(=O)CCCCCCCCCCCC)COC(=O)CCCCCCCCCCCCCC/C=C\C/C=C\C/C=C\CCCCCCC. The number of unbranched alkanes of at least 4 members (excludes halogenated alkanes) is 35. The number of hydrogen-bond donors (Lipinski definition) is 0. The minimum Gasteiger partial charge on any atom is -0.462 e. The molecule has 0 bridgehead atoms. The van der Waals surface area contributed by atoms with Crippen molar-refractivity contribution in [3.63, 3.8) is 0 Å². The highest BCUT2D eigenvalue weighted by molar-refractivity contribution is 5.71. The van der Waals surface area contributed by atoms with Gasteiger partial charge in [-0.1, -0.05) is 280 Å². The molecule has 0 N–H and O–H groups in total. The summed E-state index contributed by atoms with van der Waals surface area (Å²) in [5.74, 6) is -0.882. The fourth-order valence-electron chi connectivity index (χ4n) is 9.11. The standard InChI is InChI=1S/C68H120O6/c1-4-7-10-13-16-19-22-24-26-28-30-31-32-33-34-35-36-37-39-40-42-44-46-49-52-55-58-61-67(70)73-64-65(63-72-66(69)60-57-54-51-48-21-18-15-12-9-6-3)74-68(71)62-59-56-53-50-47-45-43-41-38-29-27-25-23-20-17-14-11-8-5-2/h17,20,22,24-25,27-28,30,32-33,38,41,65H,4-16,18-19,21,23,26,29,31,34-37,39-40,42-64H2,1-3H3/b20-17-,24-22-,27-25-,30-28-,33-32-,41-38-. The zero-order chi connectivity index (χ0) is 53.6. The third kappa shape index (κ3) is 59.7. The Hall–Kier alpha value is -3.15. The molecule has 0 aromatic rings. The summed E-state index contributed by atoms with van der Waals surface area (Å²) in [6.07, 6.45) is 80.5. The molecule has 0 saturated carbocycles. The molecule has 0 amide bonds. The molecule has 0 aliphatic rings. The van der Waals surface area contributed by atoms with Gasteiger partial charge in [-0.25, -0.2) is 0 Å². The van der Waals surface area contributed by atoms with Crippen LogP contribution >= 0.6 is 0 Å². The van der Waals surface area contributed by atoms with Gasteiger partial charge in [0.15, 0.2) is 6.10 Å². The van der Waals surface area contributed by atoms with Gasteiger partial charge in [0, 0.05) is 19.3 Å². The van der Waals surface area contributed by atoms with Gasteiger partial charge in [0.25, 0.3) is 0 Å². The van der Waals surface area contributed by atoms with E-state index in [1.54, 1.807) is 0 Å². The molecule has 0 aliphatic heterocycles. The van der Waals surface area contributed by atoms with Gasteiger partial charge in [0.05, 0.1) is 0 Å². The third-order valence-corrected chi connectivity index (χ3v) is 13.9. The molecular formula is C68H120O6. The number of ether oxygens (including phenoxy) is 3. The van der Waals surface area contributed by atoms with Gasteiger partial charge in [0.2, 0.25) is 0 Å². The second-order valence-electron chi connectivity index (χ2n) is 21.3. The van der Waals surface area contributed by atoms with Crippen molar-refractivity contribution in [2.24, 2.45) is 0 Å². The Bertz CT molecular complexity index is 1370. The molecule has 428 valence electrons. The molecule has 1 unspecified atom stereocenters. The number of allylic oxidation sites excluding steroid dienone is 12. The summed E-state index contributed by atoms with van der Waals surface area (Å²) in [4.78, 5) is 38.2. The Morgan fingerprint density at radius 1 is 0.270 bits per heavy atom. The number of esters is 3. The molecule has 0 fully saturated rings. The Balaban J connectivity index is 4.24. The van der Waals surface area contributed by atoms with Gasteiger partial charge in [0.1, 0.15) is 13.2 Å². The predicted molar refractivity (Wildman–Crippen MR) is 321 cm³/mol. The van der Waals surface area contributed by atoms with Gasteiger partial charge in [-0.05, 0) is 96.3 Å². The number of rotatable bonds is 58. The van der Waals surface area contributed by atoms with Crippen LogP contribution in [0.25, 0.3) is 0 Å². The maximum Gasteiger partial charge on any atom is 0.306 e. The van der Waals surface area contributed by atoms with E-state index in [4.69, 9.17) is 14.2 Å². The molecule has 0 heterocycles. The van der Waals surface area contributed by atoms with Gasteiger partial charge >= 0.3 is 17.9 Å². The molecule has 0 radical (unpaired) electrons. The van der Waals surface area contributed by atoms with Crippen LogP contribution < -0.4 is 0 Å². The summed E-state index contributed by atoms with van der Waals surface area (Å²) in [7, 11) is 0. The highest BCUT2D eigenvalue weighted by Crippen LogP contribution is 2.16. The van der Waals surface area contributed by atoms with Crippen LogP contribution in [0.1, 0.15) is 323 Å². The van der Waals surface area contributed by atoms with Crippen molar-refractivity contribution < 1.29 is 28.6 Å². The second kappa shape index (κ2) is 62.4. The first-order valence-corrected chi connectivity index (χ1v) is 31.9. The summed E-state index contributed by atoms with van der Waals surface area (Å²) in [6, 6.07) is 0. The summed E-state index contributed by atoms with van der Waals surface area (Å²) in [5.41, 5.74) is 0. The molecule has 0 rings (SSSR count). The van der Waals surface area contributed by atoms with E-state index < -0.39 is 6.10 Å². The molecule has 0 aliphatic carbocycles. The van der Waals surface area contributed by atoms with E-state index in [2.05, 4.69) is 93.7 Å². The van der Waals surface area contributed by atoms with Crippen molar-refractivity contribution >= 4 is 17.9 Å². The lowest BCUT2D eigenvalue weighted by Gasteiger charge is -2.18. The molecule has 1 atom stereocenters. The van der Waals surface area contributed by atoms with Crippen molar-refractivity contribution in [1.82, 2.24) is 0 Å². The summed E-state index contributed by atoms with van der Waals surface area (Å²) >= 11 is 0. The van der Waals surface area contributed by atoms with E-state index in [1.165, 1.54) is 186 Å². The third-order valence-electron chi connectivity index (χ3n) is 13.9. The zero-order valence-electron chi connectivity index (χ0n) is 49.1. The lowest BCUT2D eigenvalue weighted by atomic mass is 10.0. The Kier molecular flexibility index (Phi) is 59.7. The van der Waals surface area contributed by atoms with Crippen molar-refractivity contribution in [2.45, 2.75) is 329 Å². The highest BCUT2D eigenvalue weighted by atomic mass is 16.6. The van der Waals surface area contributed by atoms with E-state index in [-0.39, 0.29) is 31.1 Å². The van der Waals surface area contributed by atoms with Crippen LogP contribution in [0.2, 0.25) is 0 Å². The lowest BCUT2D eigenvalue weighted by molar-refractivity contribution is -0.167. The van der Waals surface area contributed by atoms with Crippen molar-refractivity contribution in [1.29, 1.82) is 0 Å². The highest BCUT2D eigenvalue weighted by Gasteiger charge is 2.19. The normalized spacial score (nSPS) is 12.5. The smallest absolute Gasteiger partial charge is 0.306 e. The lowest BCUT2D eigenvalue weighted by Crippen LogP contribution is -2.30. The predicted octanol–water partition coefficient (Wildman–Crippen LogP) is 21.7. The van der Waals surface area contributed by atoms with Crippen LogP contribution in [0.4, 0.5) is 0 Å². The average Bonchev–Trinajstić information content (AvgIpc) is 3.40. The van der Waals surface area contributed by atoms with E-state index in [0.717, 1.165) is 96.3 Å². The maximum absolute atomic E-state index is 12.9. The second-order valence-corrected chi connectivity index (χ2v) is 21.3. The Morgan fingerprint density at radius 3 is 0.784 bits per heavy atom. The molecular weight excluding hydrogens is 913 g/mol. The van der Waals surface area contributed by atoms with Crippen LogP contribution in [-0.2, 0) is 28.6 Å². The summed E-state index contributed by atoms with van der Waals surface area (Å²) < 4.78 is 16.9. The van der Waals surface area contributed by atoms with Gasteiger partial charge < -0.3 is 14.2 Å². The minimum absolute atomic E-state index is 0.0786. The van der Waals surface area contributed by atoms with Crippen molar-refractivity contribution in [3.8, 4) is 0 Å². The average molecular weight is 1030 g/mol. The fraction of sp³-hybridized carbons (Fsp3) is 0.779. The van der Waals surface area contributed by atoms with Gasteiger partial charge in [-0.15, -0.1) is 0 Å². The van der Waals surface area contributed by atoms with Gasteiger partial charge in [-0.3, -0.25) is 14.4 Å². The van der Waals surface area contributed by atoms with E-state index >= 15 is 0 Å². The van der Waals surface area contributed by atoms with E-state index in [9.17, 15) is 14.4 Å². The minimum atomic E-state index is -0.782.